The molecule has 1 aliphatic heterocycles. The van der Waals surface area contributed by atoms with Gasteiger partial charge in [0.15, 0.2) is 0 Å². The molecule has 0 fully saturated rings. The molecule has 0 bridgehead atoms. The SMILES string of the molecule is CCCNC(c1ccc2c(c1)CC(=O)N2)C(C)C(C)C. The molecular formula is C17H26N2O. The predicted molar refractivity (Wildman–Crippen MR) is 83.8 cm³/mol. The highest BCUT2D eigenvalue weighted by molar-refractivity contribution is 5.99. The molecule has 110 valence electrons. The molecule has 2 rings (SSSR count). The summed E-state index contributed by atoms with van der Waals surface area (Å²) in [5.41, 5.74) is 3.41. The Bertz CT molecular complexity index is 482. The van der Waals surface area contributed by atoms with E-state index in [1.165, 1.54) is 5.56 Å². The van der Waals surface area contributed by atoms with Crippen LogP contribution in [0.3, 0.4) is 0 Å². The summed E-state index contributed by atoms with van der Waals surface area (Å²) >= 11 is 0. The van der Waals surface area contributed by atoms with E-state index in [-0.39, 0.29) is 5.91 Å². The summed E-state index contributed by atoms with van der Waals surface area (Å²) in [5.74, 6) is 1.29. The average molecular weight is 274 g/mol. The molecule has 20 heavy (non-hydrogen) atoms. The molecule has 0 aromatic heterocycles. The quantitative estimate of drug-likeness (QED) is 0.833. The third-order valence-corrected chi connectivity index (χ3v) is 4.31. The summed E-state index contributed by atoms with van der Waals surface area (Å²) in [5, 5.41) is 6.56. The minimum atomic E-state index is 0.104. The van der Waals surface area contributed by atoms with Crippen LogP contribution in [0.15, 0.2) is 18.2 Å². The van der Waals surface area contributed by atoms with Gasteiger partial charge in [0.25, 0.3) is 0 Å². The smallest absolute Gasteiger partial charge is 0.228 e. The minimum Gasteiger partial charge on any atom is -0.326 e. The van der Waals surface area contributed by atoms with Gasteiger partial charge in [0.1, 0.15) is 0 Å². The highest BCUT2D eigenvalue weighted by atomic mass is 16.1. The second-order valence-electron chi connectivity index (χ2n) is 6.18. The molecule has 3 heteroatoms. The molecule has 3 nitrogen and oxygen atoms in total. The van der Waals surface area contributed by atoms with Crippen LogP contribution in [0.4, 0.5) is 5.69 Å². The maximum atomic E-state index is 11.5. The molecule has 0 saturated carbocycles. The van der Waals surface area contributed by atoms with Crippen molar-refractivity contribution in [1.29, 1.82) is 0 Å². The molecule has 0 spiro atoms. The lowest BCUT2D eigenvalue weighted by Gasteiger charge is -2.29. The fraction of sp³-hybridized carbons (Fsp3) is 0.588. The van der Waals surface area contributed by atoms with Crippen molar-refractivity contribution in [2.24, 2.45) is 11.8 Å². The normalized spacial score (nSPS) is 16.9. The van der Waals surface area contributed by atoms with Gasteiger partial charge in [-0.3, -0.25) is 4.79 Å². The van der Waals surface area contributed by atoms with Crippen molar-refractivity contribution in [1.82, 2.24) is 5.32 Å². The fourth-order valence-corrected chi connectivity index (χ4v) is 2.73. The predicted octanol–water partition coefficient (Wildman–Crippen LogP) is 3.51. The number of carbonyl (C=O) groups excluding carboxylic acids is 1. The molecule has 1 aliphatic rings. The molecule has 0 radical (unpaired) electrons. The van der Waals surface area contributed by atoms with Crippen LogP contribution in [0.25, 0.3) is 0 Å². The molecule has 0 saturated heterocycles. The second kappa shape index (κ2) is 6.40. The standard InChI is InChI=1S/C17H26N2O/c1-5-8-18-17(12(4)11(2)3)13-6-7-15-14(9-13)10-16(20)19-15/h6-7,9,11-12,17-18H,5,8,10H2,1-4H3,(H,19,20). The van der Waals surface area contributed by atoms with E-state index in [1.54, 1.807) is 0 Å². The Labute approximate surface area is 122 Å². The summed E-state index contributed by atoms with van der Waals surface area (Å²) in [7, 11) is 0. The Kier molecular flexibility index (Phi) is 4.81. The first-order valence-electron chi connectivity index (χ1n) is 7.69. The fourth-order valence-electron chi connectivity index (χ4n) is 2.73. The van der Waals surface area contributed by atoms with Gasteiger partial charge in [-0.2, -0.15) is 0 Å². The summed E-state index contributed by atoms with van der Waals surface area (Å²) in [6, 6.07) is 6.75. The van der Waals surface area contributed by atoms with E-state index >= 15 is 0 Å². The lowest BCUT2D eigenvalue weighted by molar-refractivity contribution is -0.115. The van der Waals surface area contributed by atoms with Crippen LogP contribution >= 0.6 is 0 Å². The van der Waals surface area contributed by atoms with Crippen LogP contribution in [0.2, 0.25) is 0 Å². The van der Waals surface area contributed by atoms with Gasteiger partial charge in [0, 0.05) is 11.7 Å². The Morgan fingerprint density at radius 1 is 1.30 bits per heavy atom. The Hall–Kier alpha value is -1.35. The number of fused-ring (bicyclic) bond motifs is 1. The third-order valence-electron chi connectivity index (χ3n) is 4.31. The first kappa shape index (κ1) is 15.0. The van der Waals surface area contributed by atoms with Crippen LogP contribution < -0.4 is 10.6 Å². The van der Waals surface area contributed by atoms with Gasteiger partial charge in [-0.15, -0.1) is 0 Å². The van der Waals surface area contributed by atoms with Gasteiger partial charge in [0.2, 0.25) is 5.91 Å². The number of anilines is 1. The summed E-state index contributed by atoms with van der Waals surface area (Å²) in [6.45, 7) is 10.0. The molecule has 2 atom stereocenters. The van der Waals surface area contributed by atoms with Crippen molar-refractivity contribution in [3.05, 3.63) is 29.3 Å². The van der Waals surface area contributed by atoms with Crippen molar-refractivity contribution in [3.8, 4) is 0 Å². The number of benzene rings is 1. The van der Waals surface area contributed by atoms with Crippen LogP contribution in [-0.4, -0.2) is 12.5 Å². The van der Waals surface area contributed by atoms with Crippen LogP contribution in [-0.2, 0) is 11.2 Å². The first-order valence-corrected chi connectivity index (χ1v) is 7.69. The van der Waals surface area contributed by atoms with Crippen molar-refractivity contribution in [2.45, 2.75) is 46.6 Å². The Balaban J connectivity index is 2.25. The van der Waals surface area contributed by atoms with Crippen LogP contribution in [0, 0.1) is 11.8 Å². The van der Waals surface area contributed by atoms with E-state index in [4.69, 9.17) is 0 Å². The zero-order valence-electron chi connectivity index (χ0n) is 13.0. The number of carbonyl (C=O) groups is 1. The van der Waals surface area contributed by atoms with E-state index in [1.807, 2.05) is 6.07 Å². The second-order valence-corrected chi connectivity index (χ2v) is 6.18. The van der Waals surface area contributed by atoms with Crippen LogP contribution in [0.5, 0.6) is 0 Å². The molecule has 1 aromatic rings. The lowest BCUT2D eigenvalue weighted by atomic mass is 9.85. The van der Waals surface area contributed by atoms with Gasteiger partial charge in [-0.25, -0.2) is 0 Å². The Morgan fingerprint density at radius 3 is 2.70 bits per heavy atom. The van der Waals surface area contributed by atoms with Crippen molar-refractivity contribution in [2.75, 3.05) is 11.9 Å². The van der Waals surface area contributed by atoms with Gasteiger partial charge >= 0.3 is 0 Å². The largest absolute Gasteiger partial charge is 0.326 e. The summed E-state index contributed by atoms with van der Waals surface area (Å²) in [6.07, 6.45) is 1.64. The van der Waals surface area contributed by atoms with Gasteiger partial charge in [0.05, 0.1) is 6.42 Å². The van der Waals surface area contributed by atoms with Crippen molar-refractivity contribution < 1.29 is 4.79 Å². The minimum absolute atomic E-state index is 0.104. The molecule has 1 amide bonds. The van der Waals surface area contributed by atoms with E-state index in [2.05, 4.69) is 50.5 Å². The molecular weight excluding hydrogens is 248 g/mol. The van der Waals surface area contributed by atoms with E-state index < -0.39 is 0 Å². The highest BCUT2D eigenvalue weighted by Gasteiger charge is 2.24. The molecule has 1 aromatic carbocycles. The molecule has 1 heterocycles. The molecule has 2 N–H and O–H groups in total. The van der Waals surface area contributed by atoms with Crippen LogP contribution in [0.1, 0.15) is 51.3 Å². The lowest BCUT2D eigenvalue weighted by Crippen LogP contribution is -2.30. The average Bonchev–Trinajstić information content (AvgIpc) is 2.78. The van der Waals surface area contributed by atoms with Crippen molar-refractivity contribution in [3.63, 3.8) is 0 Å². The molecule has 0 aliphatic carbocycles. The van der Waals surface area contributed by atoms with E-state index in [9.17, 15) is 4.79 Å². The zero-order chi connectivity index (χ0) is 14.7. The highest BCUT2D eigenvalue weighted by Crippen LogP contribution is 2.32. The maximum absolute atomic E-state index is 11.5. The molecule has 2 unspecified atom stereocenters. The van der Waals surface area contributed by atoms with E-state index in [0.717, 1.165) is 24.2 Å². The van der Waals surface area contributed by atoms with Gasteiger partial charge < -0.3 is 10.6 Å². The number of hydrogen-bond donors (Lipinski definition) is 2. The third kappa shape index (κ3) is 3.21. The number of nitrogens with one attached hydrogen (secondary N) is 2. The number of rotatable bonds is 6. The van der Waals surface area contributed by atoms with Gasteiger partial charge in [-0.1, -0.05) is 39.8 Å². The summed E-state index contributed by atoms with van der Waals surface area (Å²) < 4.78 is 0. The Morgan fingerprint density at radius 2 is 2.05 bits per heavy atom. The van der Waals surface area contributed by atoms with E-state index in [0.29, 0.717) is 24.3 Å². The summed E-state index contributed by atoms with van der Waals surface area (Å²) in [4.78, 5) is 11.5. The monoisotopic (exact) mass is 274 g/mol. The number of hydrogen-bond acceptors (Lipinski definition) is 2. The zero-order valence-corrected chi connectivity index (χ0v) is 13.0. The maximum Gasteiger partial charge on any atom is 0.228 e. The van der Waals surface area contributed by atoms with Gasteiger partial charge in [-0.05, 0) is 42.0 Å². The first-order chi connectivity index (χ1) is 9.52. The number of amides is 1. The van der Waals surface area contributed by atoms with Crippen molar-refractivity contribution >= 4 is 11.6 Å². The topological polar surface area (TPSA) is 41.1 Å².